The molecule has 0 radical (unpaired) electrons. The molecular formula is C67H112N18O29. The topological polar surface area (TPSA) is 616 Å². The Morgan fingerprint density at radius 2 is 0.649 bits per heavy atom. The van der Waals surface area contributed by atoms with Gasteiger partial charge in [0.1, 0.15) is 103 Å². The van der Waals surface area contributed by atoms with Crippen molar-refractivity contribution in [2.45, 2.75) is 235 Å². The maximum Gasteiger partial charge on any atom is 0.217 e. The molecule has 0 spiro atoms. The number of ketones is 1. The van der Waals surface area contributed by atoms with Crippen molar-refractivity contribution in [1.82, 2.24) is 91.0 Å². The van der Waals surface area contributed by atoms with E-state index in [9.17, 15) is 85.3 Å². The zero-order chi connectivity index (χ0) is 82.4. The fourth-order valence-corrected chi connectivity index (χ4v) is 13.1. The van der Waals surface area contributed by atoms with Gasteiger partial charge in [0, 0.05) is 78.7 Å². The molecule has 4 saturated heterocycles. The summed E-state index contributed by atoms with van der Waals surface area (Å²) in [5.41, 5.74) is 2.21. The second-order valence-electron chi connectivity index (χ2n) is 27.8. The number of carbonyl (C=O) groups is 5. The molecule has 21 atom stereocenters. The Hall–Kier alpha value is -6.93. The van der Waals surface area contributed by atoms with Crippen molar-refractivity contribution in [3.63, 3.8) is 0 Å². The summed E-state index contributed by atoms with van der Waals surface area (Å²) in [4.78, 5) is 65.6. The Kier molecular flexibility index (Phi) is 38.5. The average molecular weight is 1630 g/mol. The van der Waals surface area contributed by atoms with E-state index in [4.69, 9.17) is 56.8 Å². The van der Waals surface area contributed by atoms with E-state index in [0.29, 0.717) is 61.7 Å². The Labute approximate surface area is 655 Å². The quantitative estimate of drug-likeness (QED) is 0.0183. The lowest BCUT2D eigenvalue weighted by Gasteiger charge is -2.42. The van der Waals surface area contributed by atoms with Crippen LogP contribution in [-0.4, -0.2) is 401 Å². The standard InChI is InChI=1S/C67H112N18O29/c1-38(90)47(81(28-45-32-84(78-74-45)12-16-105-20-24-109-66-54(70-41(4)93)62(101)58(97)50(36-88)113-66)29-46-33-85(79-75-46)13-17-106-21-25-110-67-55(71-42(5)94)63(102)59(98)51(37-89)114-67)8-6-7-9-80(26-43-30-82(76-72-43)10-14-103-18-22-107-64-52(68-39(2)91)60(99)56(95)48(34-86)111-64)27-44-31-83(77-73-44)11-15-104-19-23-108-65-53(69-40(3)92)61(100)57(96)49(35-87)112-65/h30-33,47-67,86-89,95-102H,6-29,34-37H2,1-5H3,(H,68,91)(H,69,92)(H,70,93)(H,71,94)/t47-,48-,49-,50-,51-,52-,53-,54-,55-,56+,57+,58+,59+,60-,61-,62-,63-,64-,65-,66-,67-/m1/s1. The van der Waals surface area contributed by atoms with E-state index in [1.54, 1.807) is 43.5 Å². The van der Waals surface area contributed by atoms with Crippen LogP contribution >= 0.6 is 0 Å². The number of carbonyl (C=O) groups excluding carboxylic acids is 5. The van der Waals surface area contributed by atoms with Crippen molar-refractivity contribution in [2.24, 2.45) is 0 Å². The number of amides is 4. The van der Waals surface area contributed by atoms with Gasteiger partial charge in [-0.3, -0.25) is 33.8 Å². The van der Waals surface area contributed by atoms with Crippen LogP contribution in [0, 0.1) is 0 Å². The smallest absolute Gasteiger partial charge is 0.217 e. The van der Waals surface area contributed by atoms with E-state index in [1.165, 1.54) is 34.6 Å². The molecule has 4 amide bonds. The third-order valence-electron chi connectivity index (χ3n) is 18.9. The minimum absolute atomic E-state index is 0.0387. The highest BCUT2D eigenvalue weighted by molar-refractivity contribution is 5.81. The number of nitrogens with zero attached hydrogens (tertiary/aromatic N) is 14. The minimum atomic E-state index is -1.49. The van der Waals surface area contributed by atoms with Crippen molar-refractivity contribution >= 4 is 29.4 Å². The number of rotatable bonds is 51. The molecule has 8 heterocycles. The number of Topliss-reactive ketones (excluding diaryl/α,β-unsaturated/α-hetero) is 1. The molecule has 0 unspecified atom stereocenters. The number of aliphatic hydroxyl groups excluding tert-OH is 12. The summed E-state index contributed by atoms with van der Waals surface area (Å²) in [6.45, 7) is 7.03. The summed E-state index contributed by atoms with van der Waals surface area (Å²) < 4.78 is 75.2. The van der Waals surface area contributed by atoms with Crippen LogP contribution in [0.1, 0.15) is 76.7 Å². The van der Waals surface area contributed by atoms with Gasteiger partial charge in [-0.15, -0.1) is 20.4 Å². The van der Waals surface area contributed by atoms with E-state index in [2.05, 4.69) is 67.4 Å². The van der Waals surface area contributed by atoms with Gasteiger partial charge in [0.25, 0.3) is 0 Å². The first-order chi connectivity index (χ1) is 54.8. The molecular weight excluding hydrogens is 1520 g/mol. The van der Waals surface area contributed by atoms with Gasteiger partial charge in [-0.05, 0) is 26.3 Å². The second kappa shape index (κ2) is 47.5. The van der Waals surface area contributed by atoms with Crippen molar-refractivity contribution in [3.05, 3.63) is 47.6 Å². The summed E-state index contributed by atoms with van der Waals surface area (Å²) in [7, 11) is 0. The van der Waals surface area contributed by atoms with Crippen molar-refractivity contribution in [1.29, 1.82) is 0 Å². The number of aromatic nitrogens is 12. The summed E-state index contributed by atoms with van der Waals surface area (Å²) in [5.74, 6) is -2.14. The first-order valence-corrected chi connectivity index (χ1v) is 37.7. The molecule has 47 heteroatoms. The van der Waals surface area contributed by atoms with Gasteiger partial charge >= 0.3 is 0 Å². The lowest BCUT2D eigenvalue weighted by Crippen LogP contribution is -2.64. The fraction of sp³-hybridized carbons (Fsp3) is 0.806. The Balaban J connectivity index is 0.895. The lowest BCUT2D eigenvalue weighted by atomic mass is 9.97. The van der Waals surface area contributed by atoms with E-state index in [-0.39, 0.29) is 124 Å². The third kappa shape index (κ3) is 28.4. The van der Waals surface area contributed by atoms with Gasteiger partial charge in [0.15, 0.2) is 25.2 Å². The Morgan fingerprint density at radius 1 is 0.386 bits per heavy atom. The summed E-state index contributed by atoms with van der Waals surface area (Å²) in [5, 5.41) is 168. The van der Waals surface area contributed by atoms with Gasteiger partial charge < -0.3 is 139 Å². The number of hydrogen-bond acceptors (Lipinski definition) is 39. The highest BCUT2D eigenvalue weighted by atomic mass is 16.7. The first-order valence-electron chi connectivity index (χ1n) is 37.7. The number of nitrogens with one attached hydrogen (secondary N) is 4. The summed E-state index contributed by atoms with van der Waals surface area (Å²) >= 11 is 0. The van der Waals surface area contributed by atoms with Crippen molar-refractivity contribution < 1.29 is 142 Å². The molecule has 47 nitrogen and oxygen atoms in total. The van der Waals surface area contributed by atoms with Gasteiger partial charge in [-0.2, -0.15) is 0 Å². The predicted molar refractivity (Wildman–Crippen MR) is 380 cm³/mol. The molecule has 4 aliphatic heterocycles. The first kappa shape index (κ1) is 92.6. The van der Waals surface area contributed by atoms with Crippen LogP contribution in [0.25, 0.3) is 0 Å². The molecule has 16 N–H and O–H groups in total. The van der Waals surface area contributed by atoms with Crippen LogP contribution in [-0.2, 0) is 133 Å². The molecule has 4 aliphatic rings. The fourth-order valence-electron chi connectivity index (χ4n) is 13.1. The Morgan fingerprint density at radius 3 is 0.895 bits per heavy atom. The number of ether oxygens (including phenoxy) is 12. The molecule has 8 rings (SSSR count). The highest BCUT2D eigenvalue weighted by Gasteiger charge is 2.49. The maximum atomic E-state index is 14.0. The summed E-state index contributed by atoms with van der Waals surface area (Å²) in [6, 6.07) is -5.17. The normalized spacial score (nSPS) is 28.2. The molecule has 4 aromatic rings. The molecule has 0 saturated carbocycles. The van der Waals surface area contributed by atoms with Crippen LogP contribution < -0.4 is 21.3 Å². The average Bonchev–Trinajstić information content (AvgIpc) is 1.16. The largest absolute Gasteiger partial charge is 0.394 e. The minimum Gasteiger partial charge on any atom is -0.394 e. The van der Waals surface area contributed by atoms with E-state index >= 15 is 0 Å². The molecule has 0 bridgehead atoms. The van der Waals surface area contributed by atoms with Crippen LogP contribution in [0.4, 0.5) is 0 Å². The zero-order valence-electron chi connectivity index (χ0n) is 64.3. The third-order valence-corrected chi connectivity index (χ3v) is 18.9. The van der Waals surface area contributed by atoms with Crippen LogP contribution in [0.5, 0.6) is 0 Å². The van der Waals surface area contributed by atoms with Gasteiger partial charge in [0.2, 0.25) is 23.6 Å². The zero-order valence-corrected chi connectivity index (χ0v) is 64.3. The summed E-state index contributed by atoms with van der Waals surface area (Å²) in [6.07, 6.45) is -12.8. The molecule has 4 aromatic heterocycles. The lowest BCUT2D eigenvalue weighted by molar-refractivity contribution is -0.272. The Bertz CT molecular complexity index is 3290. The molecule has 4 fully saturated rings. The number of hydrogen-bond donors (Lipinski definition) is 16. The SMILES string of the molecule is CC(=O)N[C@H]1[C@H](OCCOCCn2cc(CN(CCCC[C@H](C(C)=O)N(Cc3cn(CCOCCO[C@@H]4O[C@H](CO)[C@H](O)[C@H](O)[C@H]4NC(C)=O)nn3)Cc3cn(CCOCCO[C@@H]4O[C@H](CO)[C@H](O)[C@H](O)[C@H]4NC(C)=O)nn3)Cc3cn(CCOCCO[C@@H]4O[C@H](CO)[C@H](O)[C@H](O)[C@H]4NC(C)=O)nn3)nn2)O[C@H](CO)[C@H](O)[C@@H]1O. The number of unbranched alkanes of at least 4 members (excludes halogenated alkanes) is 1. The van der Waals surface area contributed by atoms with E-state index in [1.807, 2.05) is 4.90 Å². The predicted octanol–water partition coefficient (Wildman–Crippen LogP) is -10.2. The maximum absolute atomic E-state index is 14.0. The monoisotopic (exact) mass is 1630 g/mol. The molecule has 644 valence electrons. The van der Waals surface area contributed by atoms with Gasteiger partial charge in [0.05, 0.1) is 161 Å². The van der Waals surface area contributed by atoms with Crippen LogP contribution in [0.15, 0.2) is 24.8 Å². The van der Waals surface area contributed by atoms with Gasteiger partial charge in [-0.25, -0.2) is 18.7 Å². The van der Waals surface area contributed by atoms with Crippen molar-refractivity contribution in [2.75, 3.05) is 112 Å². The van der Waals surface area contributed by atoms with Crippen molar-refractivity contribution in [3.8, 4) is 0 Å². The highest BCUT2D eigenvalue weighted by Crippen LogP contribution is 2.27. The van der Waals surface area contributed by atoms with E-state index < -0.39 is 179 Å². The van der Waals surface area contributed by atoms with Gasteiger partial charge in [-0.1, -0.05) is 27.3 Å². The van der Waals surface area contributed by atoms with Crippen LogP contribution in [0.2, 0.25) is 0 Å². The number of aliphatic hydroxyl groups is 12. The molecule has 0 aliphatic carbocycles. The van der Waals surface area contributed by atoms with Crippen LogP contribution in [0.3, 0.4) is 0 Å². The molecule has 114 heavy (non-hydrogen) atoms. The second-order valence-corrected chi connectivity index (χ2v) is 27.8. The molecule has 0 aromatic carbocycles. The van der Waals surface area contributed by atoms with E-state index in [0.717, 1.165) is 0 Å².